The zero-order chi connectivity index (χ0) is 32.4. The first-order chi connectivity index (χ1) is 22.4. The van der Waals surface area contributed by atoms with Gasteiger partial charge in [0.1, 0.15) is 18.2 Å². The van der Waals surface area contributed by atoms with Crippen molar-refractivity contribution in [3.8, 4) is 0 Å². The van der Waals surface area contributed by atoms with Gasteiger partial charge < -0.3 is 19.8 Å². The normalized spacial score (nSPS) is 26.3. The van der Waals surface area contributed by atoms with Crippen LogP contribution in [0.3, 0.4) is 0 Å². The van der Waals surface area contributed by atoms with Crippen LogP contribution in [0.25, 0.3) is 11.0 Å². The maximum Gasteiger partial charge on any atom is 0.248 e. The molecule has 2 aromatic carbocycles. The van der Waals surface area contributed by atoms with Gasteiger partial charge in [-0.25, -0.2) is 4.68 Å². The molecule has 11 heteroatoms. The Kier molecular flexibility index (Phi) is 9.33. The van der Waals surface area contributed by atoms with Crippen molar-refractivity contribution >= 4 is 46.2 Å². The molecule has 6 rings (SSSR count). The van der Waals surface area contributed by atoms with Crippen LogP contribution in [-0.2, 0) is 21.1 Å². The lowest BCUT2D eigenvalue weighted by Gasteiger charge is -2.41. The molecule has 0 radical (unpaired) electrons. The number of thioether (sulfide) groups is 1. The van der Waals surface area contributed by atoms with E-state index in [1.54, 1.807) is 43.3 Å². The number of nitrogens with zero attached hydrogens (tertiary/aromatic N) is 6. The first-order valence-electron chi connectivity index (χ1n) is 16.1. The molecule has 6 atom stereocenters. The summed E-state index contributed by atoms with van der Waals surface area (Å²) in [6, 6.07) is 16.4. The fourth-order valence-corrected chi connectivity index (χ4v) is 10.3. The molecule has 3 saturated heterocycles. The second-order valence-electron chi connectivity index (χ2n) is 12.5. The Labute approximate surface area is 274 Å². The van der Waals surface area contributed by atoms with E-state index in [1.807, 2.05) is 54.6 Å². The van der Waals surface area contributed by atoms with Gasteiger partial charge >= 0.3 is 0 Å². The van der Waals surface area contributed by atoms with E-state index < -0.39 is 22.6 Å². The predicted octanol–water partition coefficient (Wildman–Crippen LogP) is 4.12. The number of anilines is 1. The maximum absolute atomic E-state index is 14.9. The molecular weight excluding hydrogens is 600 g/mol. The molecule has 0 aliphatic carbocycles. The summed E-state index contributed by atoms with van der Waals surface area (Å²) in [5.41, 5.74) is 2.30. The molecule has 1 aromatic heterocycles. The van der Waals surface area contributed by atoms with Crippen molar-refractivity contribution in [1.29, 1.82) is 0 Å². The van der Waals surface area contributed by atoms with Gasteiger partial charge in [-0.15, -0.1) is 30.0 Å². The first-order valence-corrected chi connectivity index (χ1v) is 17.0. The Morgan fingerprint density at radius 3 is 2.52 bits per heavy atom. The lowest BCUT2D eigenvalue weighted by Crippen LogP contribution is -2.57. The number of para-hydroxylation sites is 2. The van der Waals surface area contributed by atoms with Crippen LogP contribution in [0, 0.1) is 17.8 Å². The fourth-order valence-electron chi connectivity index (χ4n) is 7.86. The summed E-state index contributed by atoms with van der Waals surface area (Å²) in [5.74, 6) is -1.53. The Bertz CT molecular complexity index is 1610. The minimum absolute atomic E-state index is 0.0410. The van der Waals surface area contributed by atoms with E-state index in [1.165, 1.54) is 0 Å². The van der Waals surface area contributed by atoms with Crippen LogP contribution >= 0.6 is 11.8 Å². The maximum atomic E-state index is 14.9. The number of carbonyl (C=O) groups excluding carboxylic acids is 3. The van der Waals surface area contributed by atoms with E-state index in [4.69, 9.17) is 0 Å². The van der Waals surface area contributed by atoms with Gasteiger partial charge in [-0.1, -0.05) is 54.6 Å². The molecule has 1 N–H and O–H groups in total. The largest absolute Gasteiger partial charge is 0.396 e. The molecule has 1 spiro atoms. The van der Waals surface area contributed by atoms with E-state index in [9.17, 15) is 19.5 Å². The van der Waals surface area contributed by atoms with E-state index in [2.05, 4.69) is 30.4 Å². The number of aliphatic hydroxyl groups excluding tert-OH is 1. The Hall–Kier alpha value is -3.96. The van der Waals surface area contributed by atoms with E-state index in [0.29, 0.717) is 25.9 Å². The van der Waals surface area contributed by atoms with Crippen molar-refractivity contribution in [1.82, 2.24) is 24.8 Å². The number of unbranched alkanes of at least 4 members (excludes halogenated alkanes) is 2. The number of aliphatic hydroxyl groups is 1. The van der Waals surface area contributed by atoms with Crippen LogP contribution in [0.15, 0.2) is 79.9 Å². The number of hydrogen-bond acceptors (Lipinski definition) is 7. The molecule has 3 fully saturated rings. The van der Waals surface area contributed by atoms with Crippen molar-refractivity contribution in [2.24, 2.45) is 17.8 Å². The van der Waals surface area contributed by atoms with Crippen LogP contribution in [0.5, 0.6) is 0 Å². The van der Waals surface area contributed by atoms with E-state index >= 15 is 0 Å². The van der Waals surface area contributed by atoms with Crippen LogP contribution < -0.4 is 4.90 Å². The second kappa shape index (κ2) is 13.4. The molecule has 3 aliphatic rings. The SMILES string of the molecule is C=CCN(Cn1nnc2ccccc21)C(=O)C1N(CCCCCO)C(=O)[C@@H]2[C@@H](C(=O)N(CC=C)c3ccccc3)[C@H]3CC(C)C12S3. The zero-order valence-corrected chi connectivity index (χ0v) is 27.1. The van der Waals surface area contributed by atoms with Gasteiger partial charge in [0.15, 0.2) is 0 Å². The molecule has 2 bridgehead atoms. The van der Waals surface area contributed by atoms with Crippen molar-refractivity contribution in [2.75, 3.05) is 31.1 Å². The molecule has 3 aromatic rings. The third-order valence-corrected chi connectivity index (χ3v) is 11.9. The van der Waals surface area contributed by atoms with Gasteiger partial charge in [0.25, 0.3) is 0 Å². The van der Waals surface area contributed by atoms with Gasteiger partial charge in [0.05, 0.1) is 22.1 Å². The minimum Gasteiger partial charge on any atom is -0.396 e. The average Bonchev–Trinajstić information content (AvgIpc) is 3.79. The van der Waals surface area contributed by atoms with Crippen molar-refractivity contribution in [2.45, 2.75) is 55.3 Å². The Balaban J connectivity index is 1.38. The van der Waals surface area contributed by atoms with E-state index in [-0.39, 0.29) is 48.7 Å². The smallest absolute Gasteiger partial charge is 0.248 e. The number of aromatic nitrogens is 3. The van der Waals surface area contributed by atoms with Gasteiger partial charge in [-0.3, -0.25) is 14.4 Å². The van der Waals surface area contributed by atoms with Crippen LogP contribution in [0.4, 0.5) is 5.69 Å². The predicted molar refractivity (Wildman–Crippen MR) is 180 cm³/mol. The summed E-state index contributed by atoms with van der Waals surface area (Å²) in [6.07, 6.45) is 6.16. The number of benzene rings is 2. The topological polar surface area (TPSA) is 112 Å². The number of hydrogen-bond donors (Lipinski definition) is 1. The number of amides is 3. The minimum atomic E-state index is -0.753. The van der Waals surface area contributed by atoms with Gasteiger partial charge in [0, 0.05) is 37.2 Å². The van der Waals surface area contributed by atoms with Gasteiger partial charge in [-0.2, -0.15) is 0 Å². The zero-order valence-electron chi connectivity index (χ0n) is 26.3. The van der Waals surface area contributed by atoms with Crippen molar-refractivity contribution in [3.63, 3.8) is 0 Å². The van der Waals surface area contributed by atoms with Crippen LogP contribution in [-0.4, -0.2) is 89.9 Å². The summed E-state index contributed by atoms with van der Waals surface area (Å²) < 4.78 is 0.951. The fraction of sp³-hybridized carbons (Fsp3) is 0.457. The number of likely N-dealkylation sites (tertiary alicyclic amines) is 1. The highest BCUT2D eigenvalue weighted by Crippen LogP contribution is 2.69. The summed E-state index contributed by atoms with van der Waals surface area (Å²) >= 11 is 1.67. The molecule has 3 unspecified atom stereocenters. The summed E-state index contributed by atoms with van der Waals surface area (Å²) in [5, 5.41) is 17.9. The highest BCUT2D eigenvalue weighted by Gasteiger charge is 2.76. The third kappa shape index (κ3) is 5.33. The molecule has 242 valence electrons. The third-order valence-electron chi connectivity index (χ3n) is 9.85. The quantitative estimate of drug-likeness (QED) is 0.208. The van der Waals surface area contributed by atoms with Gasteiger partial charge in [-0.05, 0) is 55.9 Å². The summed E-state index contributed by atoms with van der Waals surface area (Å²) in [7, 11) is 0. The summed E-state index contributed by atoms with van der Waals surface area (Å²) in [4.78, 5) is 49.3. The lowest BCUT2D eigenvalue weighted by molar-refractivity contribution is -0.143. The summed E-state index contributed by atoms with van der Waals surface area (Å²) in [6.45, 7) is 11.2. The van der Waals surface area contributed by atoms with Gasteiger partial charge in [0.2, 0.25) is 17.7 Å². The highest BCUT2D eigenvalue weighted by atomic mass is 32.2. The van der Waals surface area contributed by atoms with Crippen LogP contribution in [0.2, 0.25) is 0 Å². The van der Waals surface area contributed by atoms with Crippen LogP contribution in [0.1, 0.15) is 32.6 Å². The molecular formula is C35H42N6O4S. The number of carbonyl (C=O) groups is 3. The highest BCUT2D eigenvalue weighted by molar-refractivity contribution is 8.02. The lowest BCUT2D eigenvalue weighted by atomic mass is 9.65. The molecule has 3 aliphatic heterocycles. The average molecular weight is 643 g/mol. The molecule has 10 nitrogen and oxygen atoms in total. The Morgan fingerprint density at radius 2 is 1.78 bits per heavy atom. The second-order valence-corrected chi connectivity index (χ2v) is 14.1. The molecule has 46 heavy (non-hydrogen) atoms. The number of fused-ring (bicyclic) bond motifs is 2. The molecule has 4 heterocycles. The molecule has 0 saturated carbocycles. The first kappa shape index (κ1) is 32.0. The number of rotatable bonds is 14. The standard InChI is InChI=1S/C35H42N6O4S/c1-4-18-38(23-41-27-17-11-10-16-26(27)36-37-41)34(45)31-35-24(3)22-28(46-35)29(30(35)33(44)40(31)20-12-7-13-21-42)32(43)39(19-5-2)25-14-8-6-9-15-25/h4-6,8-11,14-17,24,28-31,42H,1-2,7,12-13,18-23H2,3H3/t24?,28-,29+,30+,31?,35?/m1/s1. The molecule has 3 amide bonds. The van der Waals surface area contributed by atoms with Crippen molar-refractivity contribution in [3.05, 3.63) is 79.9 Å². The monoisotopic (exact) mass is 642 g/mol. The van der Waals surface area contributed by atoms with E-state index in [0.717, 1.165) is 29.6 Å². The Morgan fingerprint density at radius 1 is 1.04 bits per heavy atom. The van der Waals surface area contributed by atoms with Crippen molar-refractivity contribution < 1.29 is 19.5 Å².